The first-order chi connectivity index (χ1) is 12.9. The number of hydrogen-bond acceptors (Lipinski definition) is 1. The highest BCUT2D eigenvalue weighted by molar-refractivity contribution is 7.82. The van der Waals surface area contributed by atoms with E-state index in [-0.39, 0.29) is 5.41 Å². The van der Waals surface area contributed by atoms with Crippen molar-refractivity contribution in [2.24, 2.45) is 5.10 Å². The Labute approximate surface area is 155 Å². The molecule has 0 aromatic heterocycles. The van der Waals surface area contributed by atoms with Crippen molar-refractivity contribution < 1.29 is 0 Å². The van der Waals surface area contributed by atoms with Crippen molar-refractivity contribution in [2.45, 2.75) is 11.8 Å². The number of hydrogen-bond donors (Lipinski definition) is 0. The number of benzene rings is 3. The summed E-state index contributed by atoms with van der Waals surface area (Å²) in [6.07, 6.45) is 2.04. The van der Waals surface area contributed by atoms with Gasteiger partial charge in [-0.25, -0.2) is 0 Å². The van der Waals surface area contributed by atoms with Crippen LogP contribution in [0, 0.1) is 6.57 Å². The molecule has 1 heterocycles. The number of nitrogens with zero attached hydrogens (tertiary/aromatic N) is 2. The largest absolute Gasteiger partial charge is 0.181 e. The zero-order valence-corrected chi connectivity index (χ0v) is 15.3. The molecule has 0 radical (unpaired) electrons. The van der Waals surface area contributed by atoms with Gasteiger partial charge in [0.25, 0.3) is 0 Å². The van der Waals surface area contributed by atoms with Gasteiger partial charge < -0.3 is 0 Å². The van der Waals surface area contributed by atoms with E-state index >= 15 is 0 Å². The Hall–Kier alpha value is -2.75. The van der Waals surface area contributed by atoms with Crippen molar-refractivity contribution in [2.75, 3.05) is 6.16 Å². The summed E-state index contributed by atoms with van der Waals surface area (Å²) in [6.45, 7) is 7.47. The Morgan fingerprint density at radius 2 is 1.27 bits per heavy atom. The quantitative estimate of drug-likeness (QED) is 0.339. The summed E-state index contributed by atoms with van der Waals surface area (Å²) in [5, 5.41) is 5.73. The van der Waals surface area contributed by atoms with Gasteiger partial charge in [0, 0.05) is 0 Å². The molecule has 3 heteroatoms. The first kappa shape index (κ1) is 16.7. The van der Waals surface area contributed by atoms with E-state index in [2.05, 4.69) is 82.9 Å². The lowest BCUT2D eigenvalue weighted by molar-refractivity contribution is 0.686. The Morgan fingerprint density at radius 1 is 0.769 bits per heavy atom. The second-order valence-electron chi connectivity index (χ2n) is 6.40. The molecule has 0 amide bonds. The maximum atomic E-state index is 7.47. The highest BCUT2D eigenvalue weighted by Crippen LogP contribution is 2.57. The lowest BCUT2D eigenvalue weighted by Crippen LogP contribution is -2.32. The van der Waals surface area contributed by atoms with Gasteiger partial charge in [-0.05, 0) is 36.9 Å². The highest BCUT2D eigenvalue weighted by Gasteiger charge is 2.50. The Kier molecular flexibility index (Phi) is 4.65. The second kappa shape index (κ2) is 7.24. The smallest absolute Gasteiger partial charge is 0.142 e. The second-order valence-corrected chi connectivity index (χ2v) is 8.64. The van der Waals surface area contributed by atoms with E-state index in [0.29, 0.717) is 0 Å². The molecule has 1 fully saturated rings. The average Bonchev–Trinajstić information content (AvgIpc) is 3.10. The van der Waals surface area contributed by atoms with E-state index in [1.54, 1.807) is 0 Å². The van der Waals surface area contributed by atoms with E-state index < -0.39 is 7.92 Å². The Balaban J connectivity index is 1.94. The normalized spacial score (nSPS) is 20.0. The molecule has 126 valence electrons. The van der Waals surface area contributed by atoms with Gasteiger partial charge >= 0.3 is 0 Å². The van der Waals surface area contributed by atoms with Gasteiger partial charge in [-0.3, -0.25) is 0 Å². The van der Waals surface area contributed by atoms with Gasteiger partial charge in [-0.15, -0.1) is 4.95 Å². The third-order valence-electron chi connectivity index (χ3n) is 5.09. The van der Waals surface area contributed by atoms with Gasteiger partial charge in [-0.2, -0.15) is 6.57 Å². The molecule has 0 spiro atoms. The predicted octanol–water partition coefficient (Wildman–Crippen LogP) is 5.42. The molecular weight excluding hydrogens is 335 g/mol. The topological polar surface area (TPSA) is 16.7 Å². The lowest BCUT2D eigenvalue weighted by Gasteiger charge is -2.30. The van der Waals surface area contributed by atoms with E-state index in [0.717, 1.165) is 18.0 Å². The monoisotopic (exact) mass is 354 g/mol. The first-order valence-corrected chi connectivity index (χ1v) is 10.3. The molecule has 2 nitrogen and oxygen atoms in total. The van der Waals surface area contributed by atoms with Crippen LogP contribution in [-0.4, -0.2) is 11.6 Å². The summed E-state index contributed by atoms with van der Waals surface area (Å²) >= 11 is 0. The van der Waals surface area contributed by atoms with Crippen molar-refractivity contribution >= 4 is 18.7 Å². The van der Waals surface area contributed by atoms with Crippen LogP contribution in [0.3, 0.4) is 0 Å². The molecular formula is C23H19N2P. The van der Waals surface area contributed by atoms with Crippen LogP contribution in [0.1, 0.15) is 17.5 Å². The van der Waals surface area contributed by atoms with Crippen LogP contribution in [0.25, 0.3) is 4.95 Å². The summed E-state index contributed by atoms with van der Waals surface area (Å²) < 4.78 is 0. The molecule has 0 N–H and O–H groups in total. The molecule has 4 rings (SSSR count). The van der Waals surface area contributed by atoms with Crippen LogP contribution in [0.15, 0.2) is 96.1 Å². The molecule has 0 aliphatic carbocycles. The fraction of sp³-hybridized carbons (Fsp3) is 0.130. The zero-order valence-electron chi connectivity index (χ0n) is 14.4. The van der Waals surface area contributed by atoms with Crippen LogP contribution >= 0.6 is 7.92 Å². The fourth-order valence-electron chi connectivity index (χ4n) is 3.93. The van der Waals surface area contributed by atoms with Crippen LogP contribution in [0.2, 0.25) is 0 Å². The van der Waals surface area contributed by atoms with E-state index in [9.17, 15) is 0 Å². The Morgan fingerprint density at radius 3 is 1.77 bits per heavy atom. The van der Waals surface area contributed by atoms with Crippen LogP contribution in [0.5, 0.6) is 0 Å². The van der Waals surface area contributed by atoms with E-state index in [1.165, 1.54) is 16.4 Å². The van der Waals surface area contributed by atoms with Crippen molar-refractivity contribution in [3.63, 3.8) is 0 Å². The number of rotatable bonds is 3. The predicted molar refractivity (Wildman–Crippen MR) is 110 cm³/mol. The van der Waals surface area contributed by atoms with Crippen molar-refractivity contribution in [1.29, 1.82) is 0 Å². The van der Waals surface area contributed by atoms with Gasteiger partial charge in [0.15, 0.2) is 0 Å². The molecule has 1 aliphatic heterocycles. The highest BCUT2D eigenvalue weighted by atomic mass is 31.1. The zero-order chi connectivity index (χ0) is 17.8. The third-order valence-corrected chi connectivity index (χ3v) is 7.67. The third kappa shape index (κ3) is 2.75. The molecule has 1 unspecified atom stereocenters. The average molecular weight is 354 g/mol. The summed E-state index contributed by atoms with van der Waals surface area (Å²) in [7, 11) is -0.608. The molecule has 1 aliphatic rings. The van der Waals surface area contributed by atoms with Gasteiger partial charge in [0.1, 0.15) is 5.45 Å². The minimum atomic E-state index is -0.608. The summed E-state index contributed by atoms with van der Waals surface area (Å²) in [4.78, 5) is 3.49. The molecule has 3 aromatic carbocycles. The molecule has 1 atom stereocenters. The lowest BCUT2D eigenvalue weighted by atomic mass is 9.73. The van der Waals surface area contributed by atoms with Crippen molar-refractivity contribution in [3.8, 4) is 0 Å². The summed E-state index contributed by atoms with van der Waals surface area (Å²) in [6, 6.07) is 31.7. The molecule has 3 aromatic rings. The van der Waals surface area contributed by atoms with Crippen LogP contribution in [-0.2, 0) is 5.41 Å². The molecule has 1 saturated heterocycles. The SMILES string of the molecule is [C-]#[N+]/N=C1\P(c2ccccc2)CCC1(c1ccccc1)c1ccccc1. The minimum Gasteiger partial charge on any atom is -0.181 e. The van der Waals surface area contributed by atoms with E-state index in [1.807, 2.05) is 18.2 Å². The summed E-state index contributed by atoms with van der Waals surface area (Å²) in [5.74, 6) is 0. The van der Waals surface area contributed by atoms with E-state index in [4.69, 9.17) is 6.57 Å². The van der Waals surface area contributed by atoms with Crippen molar-refractivity contribution in [3.05, 3.63) is 114 Å². The maximum Gasteiger partial charge on any atom is 0.142 e. The van der Waals surface area contributed by atoms with Crippen molar-refractivity contribution in [1.82, 2.24) is 0 Å². The maximum absolute atomic E-state index is 7.47. The Bertz CT molecular complexity index is 904. The van der Waals surface area contributed by atoms with Crippen LogP contribution < -0.4 is 5.30 Å². The van der Waals surface area contributed by atoms with Gasteiger partial charge in [0.05, 0.1) is 10.5 Å². The molecule has 0 bridgehead atoms. The van der Waals surface area contributed by atoms with Gasteiger partial charge in [0.2, 0.25) is 0 Å². The molecule has 26 heavy (non-hydrogen) atoms. The molecule has 0 saturated carbocycles. The minimum absolute atomic E-state index is 0.311. The fourth-order valence-corrected chi connectivity index (χ4v) is 6.72. The van der Waals surface area contributed by atoms with Gasteiger partial charge in [-0.1, -0.05) is 91.0 Å². The first-order valence-electron chi connectivity index (χ1n) is 8.75. The van der Waals surface area contributed by atoms with Crippen LogP contribution in [0.4, 0.5) is 0 Å². The standard InChI is InChI=1S/C23H19N2P/c1-24-25-22-23(19-11-5-2-6-12-19,20-13-7-3-8-14-20)17-18-26(22)21-15-9-4-10-16-21/h2-16H,17-18H2/b25-22-. The summed E-state index contributed by atoms with van der Waals surface area (Å²) in [5.41, 5.74) is 3.18.